The van der Waals surface area contributed by atoms with Crippen molar-refractivity contribution in [2.75, 3.05) is 11.4 Å². The van der Waals surface area contributed by atoms with Crippen molar-refractivity contribution in [3.8, 4) is 0 Å². The number of aldehydes is 1. The quantitative estimate of drug-likeness (QED) is 0.734. The van der Waals surface area contributed by atoms with E-state index in [-0.39, 0.29) is 5.54 Å². The van der Waals surface area contributed by atoms with Crippen molar-refractivity contribution in [3.05, 3.63) is 28.8 Å². The lowest BCUT2D eigenvalue weighted by atomic mass is 10.0. The van der Waals surface area contributed by atoms with Gasteiger partial charge in [0.1, 0.15) is 6.29 Å². The Hall–Kier alpha value is -1.02. The molecule has 2 nitrogen and oxygen atoms in total. The van der Waals surface area contributed by atoms with Gasteiger partial charge in [0.15, 0.2) is 0 Å². The van der Waals surface area contributed by atoms with Crippen LogP contribution in [0.2, 0.25) is 5.02 Å². The highest BCUT2D eigenvalue weighted by atomic mass is 35.5. The lowest BCUT2D eigenvalue weighted by molar-refractivity contribution is 0.112. The highest BCUT2D eigenvalue weighted by molar-refractivity contribution is 6.33. The largest absolute Gasteiger partial charge is 0.365 e. The summed E-state index contributed by atoms with van der Waals surface area (Å²) in [6.07, 6.45) is 3.20. The van der Waals surface area contributed by atoms with Crippen molar-refractivity contribution in [2.45, 2.75) is 32.2 Å². The van der Waals surface area contributed by atoms with E-state index in [1.165, 1.54) is 12.8 Å². The summed E-state index contributed by atoms with van der Waals surface area (Å²) in [6, 6.07) is 5.50. The molecule has 0 N–H and O–H groups in total. The summed E-state index contributed by atoms with van der Waals surface area (Å²) in [4.78, 5) is 13.0. The summed E-state index contributed by atoms with van der Waals surface area (Å²) >= 11 is 6.21. The highest BCUT2D eigenvalue weighted by Gasteiger charge is 2.32. The van der Waals surface area contributed by atoms with E-state index in [9.17, 15) is 4.79 Å². The van der Waals surface area contributed by atoms with Crippen LogP contribution >= 0.6 is 11.6 Å². The molecule has 0 saturated carbocycles. The van der Waals surface area contributed by atoms with Crippen molar-refractivity contribution in [1.82, 2.24) is 0 Å². The molecule has 1 heterocycles. The third-order valence-electron chi connectivity index (χ3n) is 3.30. The normalized spacial score (nSPS) is 18.8. The van der Waals surface area contributed by atoms with Crippen LogP contribution in [0, 0.1) is 0 Å². The Bertz CT molecular complexity index is 414. The maximum absolute atomic E-state index is 10.6. The number of rotatable bonds is 2. The Morgan fingerprint density at radius 3 is 2.69 bits per heavy atom. The van der Waals surface area contributed by atoms with Crippen LogP contribution in [0.4, 0.5) is 5.69 Å². The molecule has 1 aromatic carbocycles. The van der Waals surface area contributed by atoms with Gasteiger partial charge in [-0.2, -0.15) is 0 Å². The van der Waals surface area contributed by atoms with Crippen LogP contribution in [0.15, 0.2) is 18.2 Å². The number of carbonyl (C=O) groups is 1. The third-order valence-corrected chi connectivity index (χ3v) is 3.60. The maximum atomic E-state index is 10.6. The van der Waals surface area contributed by atoms with Crippen LogP contribution in [0.3, 0.4) is 0 Å². The molecule has 1 aliphatic rings. The second-order valence-corrected chi connectivity index (χ2v) is 5.30. The second kappa shape index (κ2) is 4.10. The van der Waals surface area contributed by atoms with Crippen LogP contribution < -0.4 is 4.90 Å². The van der Waals surface area contributed by atoms with Crippen molar-refractivity contribution < 1.29 is 4.79 Å². The fraction of sp³-hybridized carbons (Fsp3) is 0.462. The van der Waals surface area contributed by atoms with Gasteiger partial charge in [-0.1, -0.05) is 11.6 Å². The smallest absolute Gasteiger partial charge is 0.150 e. The first-order valence-corrected chi connectivity index (χ1v) is 5.95. The standard InChI is InChI=1S/C13H16ClNO/c1-13(2)6-3-7-15(13)12-5-4-10(9-16)8-11(12)14/h4-5,8-9H,3,6-7H2,1-2H3. The Kier molecular flexibility index (Phi) is 2.94. The molecular weight excluding hydrogens is 222 g/mol. The zero-order valence-corrected chi connectivity index (χ0v) is 10.4. The van der Waals surface area contributed by atoms with Crippen molar-refractivity contribution in [3.63, 3.8) is 0 Å². The van der Waals surface area contributed by atoms with E-state index in [1.807, 2.05) is 12.1 Å². The highest BCUT2D eigenvalue weighted by Crippen LogP contribution is 2.37. The van der Waals surface area contributed by atoms with Crippen LogP contribution in [0.5, 0.6) is 0 Å². The van der Waals surface area contributed by atoms with Gasteiger partial charge in [0.05, 0.1) is 10.7 Å². The monoisotopic (exact) mass is 237 g/mol. The first kappa shape index (κ1) is 11.5. The van der Waals surface area contributed by atoms with E-state index in [0.717, 1.165) is 18.5 Å². The van der Waals surface area contributed by atoms with Crippen LogP contribution in [-0.2, 0) is 0 Å². The van der Waals surface area contributed by atoms with E-state index in [0.29, 0.717) is 10.6 Å². The SMILES string of the molecule is CC1(C)CCCN1c1ccc(C=O)cc1Cl. The Balaban J connectivity index is 2.37. The molecule has 0 aromatic heterocycles. The van der Waals surface area contributed by atoms with Gasteiger partial charge in [-0.05, 0) is 44.9 Å². The summed E-state index contributed by atoms with van der Waals surface area (Å²) in [5.74, 6) is 0. The minimum atomic E-state index is 0.159. The number of hydrogen-bond acceptors (Lipinski definition) is 2. The van der Waals surface area contributed by atoms with Gasteiger partial charge in [0.2, 0.25) is 0 Å². The average molecular weight is 238 g/mol. The molecule has 86 valence electrons. The van der Waals surface area contributed by atoms with Gasteiger partial charge in [-0.15, -0.1) is 0 Å². The second-order valence-electron chi connectivity index (χ2n) is 4.90. The van der Waals surface area contributed by atoms with Gasteiger partial charge in [-0.25, -0.2) is 0 Å². The molecule has 1 aromatic rings. The van der Waals surface area contributed by atoms with Gasteiger partial charge < -0.3 is 4.90 Å². The van der Waals surface area contributed by atoms with Gasteiger partial charge in [0, 0.05) is 17.6 Å². The number of anilines is 1. The molecule has 3 heteroatoms. The summed E-state index contributed by atoms with van der Waals surface area (Å²) < 4.78 is 0. The van der Waals surface area contributed by atoms with Gasteiger partial charge in [0.25, 0.3) is 0 Å². The number of nitrogens with zero attached hydrogens (tertiary/aromatic N) is 1. The van der Waals surface area contributed by atoms with Crippen molar-refractivity contribution >= 4 is 23.6 Å². The molecule has 0 aliphatic carbocycles. The predicted octanol–water partition coefficient (Wildman–Crippen LogP) is 3.53. The lowest BCUT2D eigenvalue weighted by Gasteiger charge is -2.34. The van der Waals surface area contributed by atoms with E-state index < -0.39 is 0 Å². The number of benzene rings is 1. The first-order valence-electron chi connectivity index (χ1n) is 5.57. The molecule has 1 aliphatic heterocycles. The van der Waals surface area contributed by atoms with Crippen LogP contribution in [0.25, 0.3) is 0 Å². The van der Waals surface area contributed by atoms with E-state index in [2.05, 4.69) is 18.7 Å². The molecule has 0 spiro atoms. The summed E-state index contributed by atoms with van der Waals surface area (Å²) in [6.45, 7) is 5.49. The molecule has 16 heavy (non-hydrogen) atoms. The zero-order valence-electron chi connectivity index (χ0n) is 9.66. The van der Waals surface area contributed by atoms with E-state index in [1.54, 1.807) is 6.07 Å². The number of halogens is 1. The molecule has 0 unspecified atom stereocenters. The minimum Gasteiger partial charge on any atom is -0.365 e. The fourth-order valence-electron chi connectivity index (χ4n) is 2.37. The molecular formula is C13H16ClNO. The maximum Gasteiger partial charge on any atom is 0.150 e. The minimum absolute atomic E-state index is 0.159. The zero-order chi connectivity index (χ0) is 11.8. The van der Waals surface area contributed by atoms with Crippen molar-refractivity contribution in [1.29, 1.82) is 0 Å². The topological polar surface area (TPSA) is 20.3 Å². The molecule has 0 bridgehead atoms. The van der Waals surface area contributed by atoms with Gasteiger partial charge >= 0.3 is 0 Å². The Labute approximate surface area is 101 Å². The molecule has 0 atom stereocenters. The first-order chi connectivity index (χ1) is 7.54. The van der Waals surface area contributed by atoms with Crippen LogP contribution in [0.1, 0.15) is 37.0 Å². The molecule has 1 saturated heterocycles. The summed E-state index contributed by atoms with van der Waals surface area (Å²) in [5.41, 5.74) is 1.83. The molecule has 0 amide bonds. The predicted molar refractivity (Wildman–Crippen MR) is 67.5 cm³/mol. The molecule has 2 rings (SSSR count). The summed E-state index contributed by atoms with van der Waals surface area (Å²) in [5, 5.41) is 0.666. The van der Waals surface area contributed by atoms with Crippen LogP contribution in [-0.4, -0.2) is 18.4 Å². The van der Waals surface area contributed by atoms with E-state index in [4.69, 9.17) is 11.6 Å². The lowest BCUT2D eigenvalue weighted by Crippen LogP contribution is -2.38. The summed E-state index contributed by atoms with van der Waals surface area (Å²) in [7, 11) is 0. The average Bonchev–Trinajstić information content (AvgIpc) is 2.58. The van der Waals surface area contributed by atoms with Gasteiger partial charge in [-0.3, -0.25) is 4.79 Å². The number of hydrogen-bond donors (Lipinski definition) is 0. The fourth-order valence-corrected chi connectivity index (χ4v) is 2.66. The molecule has 1 fully saturated rings. The van der Waals surface area contributed by atoms with Crippen molar-refractivity contribution in [2.24, 2.45) is 0 Å². The Morgan fingerprint density at radius 2 is 2.19 bits per heavy atom. The third kappa shape index (κ3) is 1.94. The number of carbonyl (C=O) groups excluding carboxylic acids is 1. The Morgan fingerprint density at radius 1 is 1.44 bits per heavy atom. The van der Waals surface area contributed by atoms with E-state index >= 15 is 0 Å². The molecule has 0 radical (unpaired) electrons.